The van der Waals surface area contributed by atoms with E-state index in [1.54, 1.807) is 18.5 Å². The topological polar surface area (TPSA) is 59.1 Å². The highest BCUT2D eigenvalue weighted by Crippen LogP contribution is 2.48. The molecule has 1 saturated carbocycles. The number of nitrogens with zero attached hydrogens (tertiary/aromatic N) is 1. The van der Waals surface area contributed by atoms with Gasteiger partial charge >= 0.3 is 0 Å². The Morgan fingerprint density at radius 3 is 2.52 bits per heavy atom. The lowest BCUT2D eigenvalue weighted by Gasteiger charge is -2.12. The molecule has 2 heterocycles. The first-order chi connectivity index (χ1) is 12.0. The number of nitrogens with one attached hydrogen (secondary N) is 1. The largest absolute Gasteiger partial charge is 0.265 e. The summed E-state index contributed by atoms with van der Waals surface area (Å²) in [5.41, 5.74) is 2.02. The van der Waals surface area contributed by atoms with Crippen LogP contribution in [0.2, 0.25) is 0 Å². The summed E-state index contributed by atoms with van der Waals surface area (Å²) in [6.45, 7) is 2.10. The van der Waals surface area contributed by atoms with Gasteiger partial charge in [-0.3, -0.25) is 4.98 Å². The number of hydrogen-bond acceptors (Lipinski definition) is 4. The van der Waals surface area contributed by atoms with E-state index in [0.717, 1.165) is 16.9 Å². The van der Waals surface area contributed by atoms with Gasteiger partial charge < -0.3 is 0 Å². The molecule has 0 unspecified atom stereocenters. The van der Waals surface area contributed by atoms with Crippen LogP contribution < -0.4 is 4.72 Å². The standard InChI is InChI=1S/C19H18N2O2S2/c1-19(15-5-3-2-4-6-15)13-17(19)21-25(22,23)18-8-7-16(24-18)14-9-11-20-12-10-14/h2-12,17,21H,13H2,1H3/t17-,19+/m0/s1. The van der Waals surface area contributed by atoms with E-state index in [2.05, 4.69) is 28.8 Å². The normalized spacial score (nSPS) is 22.7. The van der Waals surface area contributed by atoms with Gasteiger partial charge in [0.1, 0.15) is 4.21 Å². The van der Waals surface area contributed by atoms with Crippen molar-refractivity contribution >= 4 is 21.4 Å². The maximum Gasteiger partial charge on any atom is 0.250 e. The molecule has 0 spiro atoms. The SMILES string of the molecule is C[C@]1(c2ccccc2)C[C@@H]1NS(=O)(=O)c1ccc(-c2ccncc2)s1. The zero-order valence-corrected chi connectivity index (χ0v) is 15.3. The zero-order valence-electron chi connectivity index (χ0n) is 13.7. The highest BCUT2D eigenvalue weighted by Gasteiger charge is 2.53. The van der Waals surface area contributed by atoms with Crippen LogP contribution in [0.15, 0.2) is 71.2 Å². The molecule has 4 nitrogen and oxygen atoms in total. The number of sulfonamides is 1. The van der Waals surface area contributed by atoms with Crippen molar-refractivity contribution in [3.05, 3.63) is 72.6 Å². The number of hydrogen-bond donors (Lipinski definition) is 1. The lowest BCUT2D eigenvalue weighted by Crippen LogP contribution is -2.29. The van der Waals surface area contributed by atoms with Crippen LogP contribution in [-0.4, -0.2) is 19.4 Å². The Morgan fingerprint density at radius 2 is 1.80 bits per heavy atom. The first-order valence-corrected chi connectivity index (χ1v) is 10.4. The fraction of sp³-hybridized carbons (Fsp3) is 0.211. The van der Waals surface area contributed by atoms with Crippen molar-refractivity contribution in [3.8, 4) is 10.4 Å². The number of aromatic nitrogens is 1. The minimum atomic E-state index is -3.51. The van der Waals surface area contributed by atoms with Gasteiger partial charge in [0.25, 0.3) is 0 Å². The van der Waals surface area contributed by atoms with Crippen molar-refractivity contribution in [2.24, 2.45) is 0 Å². The fourth-order valence-electron chi connectivity index (χ4n) is 3.06. The Kier molecular flexibility index (Phi) is 3.98. The molecule has 2 aromatic heterocycles. The molecule has 0 amide bonds. The summed E-state index contributed by atoms with van der Waals surface area (Å²) in [5, 5.41) is 0. The summed E-state index contributed by atoms with van der Waals surface area (Å²) in [6, 6.07) is 17.3. The second-order valence-corrected chi connectivity index (χ2v) is 9.54. The first-order valence-electron chi connectivity index (χ1n) is 8.07. The van der Waals surface area contributed by atoms with Gasteiger partial charge in [-0.2, -0.15) is 0 Å². The lowest BCUT2D eigenvalue weighted by atomic mass is 9.98. The van der Waals surface area contributed by atoms with Gasteiger partial charge in [0.05, 0.1) is 0 Å². The van der Waals surface area contributed by atoms with Crippen LogP contribution in [0.4, 0.5) is 0 Å². The molecule has 1 fully saturated rings. The molecule has 128 valence electrons. The van der Waals surface area contributed by atoms with E-state index in [4.69, 9.17) is 0 Å². The highest BCUT2D eigenvalue weighted by atomic mass is 32.2. The molecular formula is C19H18N2O2S2. The van der Waals surface area contributed by atoms with Crippen LogP contribution in [0, 0.1) is 0 Å². The Bertz CT molecular complexity index is 985. The van der Waals surface area contributed by atoms with Crippen molar-refractivity contribution in [3.63, 3.8) is 0 Å². The highest BCUT2D eigenvalue weighted by molar-refractivity contribution is 7.91. The van der Waals surface area contributed by atoms with Crippen molar-refractivity contribution < 1.29 is 8.42 Å². The second kappa shape index (κ2) is 6.05. The van der Waals surface area contributed by atoms with E-state index in [-0.39, 0.29) is 11.5 Å². The van der Waals surface area contributed by atoms with Crippen molar-refractivity contribution in [2.45, 2.75) is 29.0 Å². The maximum absolute atomic E-state index is 12.7. The van der Waals surface area contributed by atoms with E-state index in [1.807, 2.05) is 36.4 Å². The van der Waals surface area contributed by atoms with Crippen LogP contribution in [0.3, 0.4) is 0 Å². The lowest BCUT2D eigenvalue weighted by molar-refractivity contribution is 0.576. The van der Waals surface area contributed by atoms with E-state index < -0.39 is 10.0 Å². The predicted molar refractivity (Wildman–Crippen MR) is 100 cm³/mol. The molecule has 1 aliphatic rings. The van der Waals surface area contributed by atoms with E-state index in [1.165, 1.54) is 16.9 Å². The predicted octanol–water partition coefficient (Wildman–Crippen LogP) is 3.82. The third kappa shape index (κ3) is 3.13. The fourth-order valence-corrected chi connectivity index (χ4v) is 5.73. The number of benzene rings is 1. The molecule has 1 aromatic carbocycles. The first kappa shape index (κ1) is 16.4. The summed E-state index contributed by atoms with van der Waals surface area (Å²) in [5.74, 6) is 0. The van der Waals surface area contributed by atoms with Crippen molar-refractivity contribution in [1.29, 1.82) is 0 Å². The van der Waals surface area contributed by atoms with Crippen LogP contribution in [-0.2, 0) is 15.4 Å². The minimum absolute atomic E-state index is 0.0635. The van der Waals surface area contributed by atoms with Crippen LogP contribution >= 0.6 is 11.3 Å². The van der Waals surface area contributed by atoms with E-state index in [9.17, 15) is 8.42 Å². The summed E-state index contributed by atoms with van der Waals surface area (Å²) in [6.07, 6.45) is 4.23. The van der Waals surface area contributed by atoms with Gasteiger partial charge in [-0.15, -0.1) is 11.3 Å². The number of rotatable bonds is 5. The molecule has 1 aliphatic carbocycles. The van der Waals surface area contributed by atoms with Crippen LogP contribution in [0.25, 0.3) is 10.4 Å². The van der Waals surface area contributed by atoms with Gasteiger partial charge in [-0.1, -0.05) is 37.3 Å². The Hall–Kier alpha value is -2.02. The van der Waals surface area contributed by atoms with Gasteiger partial charge in [0, 0.05) is 28.7 Å². The quantitative estimate of drug-likeness (QED) is 0.743. The summed E-state index contributed by atoms with van der Waals surface area (Å²) < 4.78 is 28.7. The molecule has 25 heavy (non-hydrogen) atoms. The minimum Gasteiger partial charge on any atom is -0.265 e. The van der Waals surface area contributed by atoms with Gasteiger partial charge in [-0.25, -0.2) is 13.1 Å². The Labute approximate surface area is 151 Å². The second-order valence-electron chi connectivity index (χ2n) is 6.52. The van der Waals surface area contributed by atoms with Gasteiger partial charge in [-0.05, 0) is 41.8 Å². The Balaban J connectivity index is 1.53. The summed E-state index contributed by atoms with van der Waals surface area (Å²) >= 11 is 1.28. The van der Waals surface area contributed by atoms with Gasteiger partial charge in [0.2, 0.25) is 10.0 Å². The molecule has 3 aromatic rings. The molecule has 0 saturated heterocycles. The average molecular weight is 370 g/mol. The summed E-state index contributed by atoms with van der Waals surface area (Å²) in [7, 11) is -3.51. The molecule has 0 radical (unpaired) electrons. The molecule has 2 atom stereocenters. The molecule has 0 bridgehead atoms. The average Bonchev–Trinajstić information content (AvgIpc) is 3.06. The summed E-state index contributed by atoms with van der Waals surface area (Å²) in [4.78, 5) is 4.91. The zero-order chi connectivity index (χ0) is 17.5. The van der Waals surface area contributed by atoms with E-state index in [0.29, 0.717) is 4.21 Å². The third-order valence-corrected chi connectivity index (χ3v) is 7.88. The van der Waals surface area contributed by atoms with Crippen molar-refractivity contribution in [1.82, 2.24) is 9.71 Å². The van der Waals surface area contributed by atoms with Crippen LogP contribution in [0.5, 0.6) is 0 Å². The molecule has 4 rings (SSSR count). The van der Waals surface area contributed by atoms with E-state index >= 15 is 0 Å². The number of thiophene rings is 1. The molecule has 0 aliphatic heterocycles. The maximum atomic E-state index is 12.7. The van der Waals surface area contributed by atoms with Crippen molar-refractivity contribution in [2.75, 3.05) is 0 Å². The monoisotopic (exact) mass is 370 g/mol. The number of pyridine rings is 1. The molecule has 6 heteroatoms. The Morgan fingerprint density at radius 1 is 1.08 bits per heavy atom. The molecule has 1 N–H and O–H groups in total. The van der Waals surface area contributed by atoms with Gasteiger partial charge in [0.15, 0.2) is 0 Å². The molecular weight excluding hydrogens is 352 g/mol. The van der Waals surface area contributed by atoms with Crippen LogP contribution in [0.1, 0.15) is 18.9 Å². The third-order valence-electron chi connectivity index (χ3n) is 4.78. The smallest absolute Gasteiger partial charge is 0.250 e.